The van der Waals surface area contributed by atoms with Crippen LogP contribution in [0, 0.1) is 0 Å². The second kappa shape index (κ2) is 4.17. The third kappa shape index (κ3) is 1.56. The van der Waals surface area contributed by atoms with E-state index in [9.17, 15) is 14.7 Å². The van der Waals surface area contributed by atoms with Crippen LogP contribution in [0.25, 0.3) is 0 Å². The molecule has 2 aliphatic rings. The van der Waals surface area contributed by atoms with Crippen LogP contribution in [0.3, 0.4) is 0 Å². The van der Waals surface area contributed by atoms with E-state index >= 15 is 0 Å². The molecule has 0 spiro atoms. The molecule has 2 atom stereocenters. The molecule has 1 aromatic rings. The van der Waals surface area contributed by atoms with E-state index in [1.807, 2.05) is 4.90 Å². The lowest BCUT2D eigenvalue weighted by molar-refractivity contribution is -0.141. The summed E-state index contributed by atoms with van der Waals surface area (Å²) in [5.74, 6) is -1.71. The molecular weight excluding hydrogens is 242 g/mol. The molecule has 0 aromatic heterocycles. The standard InChI is InChI=1S/C15H17NO3/c1-15(16-8-4-5-9-16)12(14(18)19)10-6-2-3-7-11(10)13(15)17/h2-3,6-7,12H,4-5,8-9H2,1H3,(H,18,19). The smallest absolute Gasteiger partial charge is 0.313 e. The number of hydrogen-bond donors (Lipinski definition) is 1. The molecule has 4 nitrogen and oxygen atoms in total. The van der Waals surface area contributed by atoms with E-state index in [1.54, 1.807) is 31.2 Å². The quantitative estimate of drug-likeness (QED) is 0.881. The minimum absolute atomic E-state index is 0.0441. The van der Waals surface area contributed by atoms with Gasteiger partial charge in [0.1, 0.15) is 5.92 Å². The number of hydrogen-bond acceptors (Lipinski definition) is 3. The van der Waals surface area contributed by atoms with Crippen molar-refractivity contribution in [1.29, 1.82) is 0 Å². The van der Waals surface area contributed by atoms with Crippen molar-refractivity contribution in [2.45, 2.75) is 31.2 Å². The van der Waals surface area contributed by atoms with Crippen LogP contribution in [0.1, 0.15) is 41.6 Å². The fourth-order valence-electron chi connectivity index (χ4n) is 3.54. The molecule has 1 aromatic carbocycles. The Labute approximate surface area is 112 Å². The highest BCUT2D eigenvalue weighted by Gasteiger charge is 2.56. The molecule has 1 heterocycles. The van der Waals surface area contributed by atoms with Crippen molar-refractivity contribution in [3.05, 3.63) is 35.4 Å². The molecule has 1 N–H and O–H groups in total. The number of fused-ring (bicyclic) bond motifs is 1. The van der Waals surface area contributed by atoms with Crippen molar-refractivity contribution < 1.29 is 14.7 Å². The SMILES string of the molecule is CC1(N2CCCC2)C(=O)c2ccccc2C1C(=O)O. The van der Waals surface area contributed by atoms with Crippen LogP contribution in [0.15, 0.2) is 24.3 Å². The summed E-state index contributed by atoms with van der Waals surface area (Å²) in [6.45, 7) is 3.40. The third-order valence-electron chi connectivity index (χ3n) is 4.55. The molecule has 0 saturated carbocycles. The molecule has 0 bridgehead atoms. The van der Waals surface area contributed by atoms with E-state index in [1.165, 1.54) is 0 Å². The number of carbonyl (C=O) groups is 2. The maximum Gasteiger partial charge on any atom is 0.313 e. The number of likely N-dealkylation sites (tertiary alicyclic amines) is 1. The van der Waals surface area contributed by atoms with Crippen molar-refractivity contribution in [3.63, 3.8) is 0 Å². The number of ketones is 1. The van der Waals surface area contributed by atoms with Gasteiger partial charge in [0, 0.05) is 5.56 Å². The lowest BCUT2D eigenvalue weighted by atomic mass is 9.84. The fourth-order valence-corrected chi connectivity index (χ4v) is 3.54. The van der Waals surface area contributed by atoms with Crippen LogP contribution in [0.2, 0.25) is 0 Å². The molecule has 2 unspecified atom stereocenters. The molecule has 1 fully saturated rings. The maximum absolute atomic E-state index is 12.7. The number of carboxylic acid groups (broad SMARTS) is 1. The van der Waals surface area contributed by atoms with E-state index in [0.717, 1.165) is 25.9 Å². The Morgan fingerprint density at radius 1 is 1.32 bits per heavy atom. The van der Waals surface area contributed by atoms with Crippen molar-refractivity contribution in [2.75, 3.05) is 13.1 Å². The highest BCUT2D eigenvalue weighted by atomic mass is 16.4. The first-order chi connectivity index (χ1) is 9.06. The van der Waals surface area contributed by atoms with Gasteiger partial charge in [-0.1, -0.05) is 24.3 Å². The number of carbonyl (C=O) groups excluding carboxylic acids is 1. The van der Waals surface area contributed by atoms with Gasteiger partial charge in [0.2, 0.25) is 0 Å². The first-order valence-electron chi connectivity index (χ1n) is 6.68. The Hall–Kier alpha value is -1.68. The summed E-state index contributed by atoms with van der Waals surface area (Å²) in [6.07, 6.45) is 2.07. The van der Waals surface area contributed by atoms with Gasteiger partial charge >= 0.3 is 5.97 Å². The number of nitrogens with zero attached hydrogens (tertiary/aromatic N) is 1. The third-order valence-corrected chi connectivity index (χ3v) is 4.55. The number of rotatable bonds is 2. The molecule has 1 aliphatic heterocycles. The van der Waals surface area contributed by atoms with Crippen molar-refractivity contribution in [3.8, 4) is 0 Å². The highest BCUT2D eigenvalue weighted by molar-refractivity contribution is 6.12. The molecule has 0 radical (unpaired) electrons. The largest absolute Gasteiger partial charge is 0.481 e. The predicted molar refractivity (Wildman–Crippen MR) is 70.4 cm³/mol. The summed E-state index contributed by atoms with van der Waals surface area (Å²) < 4.78 is 0. The van der Waals surface area contributed by atoms with Gasteiger partial charge in [-0.15, -0.1) is 0 Å². The van der Waals surface area contributed by atoms with Gasteiger partial charge in [-0.05, 0) is 38.4 Å². The van der Waals surface area contributed by atoms with Gasteiger partial charge in [0.15, 0.2) is 5.78 Å². The van der Waals surface area contributed by atoms with E-state index in [4.69, 9.17) is 0 Å². The van der Waals surface area contributed by atoms with Crippen molar-refractivity contribution in [1.82, 2.24) is 4.90 Å². The normalized spacial score (nSPS) is 30.6. The van der Waals surface area contributed by atoms with E-state index < -0.39 is 17.4 Å². The second-order valence-electron chi connectivity index (χ2n) is 5.53. The van der Waals surface area contributed by atoms with Gasteiger partial charge in [0.25, 0.3) is 0 Å². The van der Waals surface area contributed by atoms with Crippen LogP contribution in [-0.4, -0.2) is 40.4 Å². The maximum atomic E-state index is 12.7. The molecule has 1 aliphatic carbocycles. The summed E-state index contributed by atoms with van der Waals surface area (Å²) in [5, 5.41) is 9.59. The lowest BCUT2D eigenvalue weighted by Gasteiger charge is -2.37. The Balaban J connectivity index is 2.15. The molecule has 1 saturated heterocycles. The number of carboxylic acids is 1. The summed E-state index contributed by atoms with van der Waals surface area (Å²) >= 11 is 0. The number of aliphatic carboxylic acids is 1. The van der Waals surface area contributed by atoms with E-state index in [2.05, 4.69) is 0 Å². The lowest BCUT2D eigenvalue weighted by Crippen LogP contribution is -2.53. The average Bonchev–Trinajstić information content (AvgIpc) is 2.98. The van der Waals surface area contributed by atoms with Gasteiger partial charge in [-0.3, -0.25) is 14.5 Å². The van der Waals surface area contributed by atoms with Crippen LogP contribution in [-0.2, 0) is 4.79 Å². The zero-order valence-corrected chi connectivity index (χ0v) is 10.9. The molecule has 3 rings (SSSR count). The first-order valence-corrected chi connectivity index (χ1v) is 6.68. The van der Waals surface area contributed by atoms with Gasteiger partial charge in [0.05, 0.1) is 5.54 Å². The van der Waals surface area contributed by atoms with Crippen molar-refractivity contribution >= 4 is 11.8 Å². The molecule has 0 amide bonds. The monoisotopic (exact) mass is 259 g/mol. The zero-order chi connectivity index (χ0) is 13.6. The molecule has 100 valence electrons. The minimum atomic E-state index is -0.925. The highest BCUT2D eigenvalue weighted by Crippen LogP contribution is 2.45. The summed E-state index contributed by atoms with van der Waals surface area (Å²) in [4.78, 5) is 26.5. The first kappa shape index (κ1) is 12.4. The zero-order valence-electron chi connectivity index (χ0n) is 10.9. The Bertz CT molecular complexity index is 548. The summed E-state index contributed by atoms with van der Waals surface area (Å²) in [5.41, 5.74) is 0.310. The molecular formula is C15H17NO3. The summed E-state index contributed by atoms with van der Waals surface area (Å²) in [7, 11) is 0. The topological polar surface area (TPSA) is 57.6 Å². The van der Waals surface area contributed by atoms with Crippen LogP contribution >= 0.6 is 0 Å². The minimum Gasteiger partial charge on any atom is -0.481 e. The summed E-state index contributed by atoms with van der Waals surface area (Å²) in [6, 6.07) is 7.12. The van der Waals surface area contributed by atoms with E-state index in [0.29, 0.717) is 11.1 Å². The second-order valence-corrected chi connectivity index (χ2v) is 5.53. The number of benzene rings is 1. The van der Waals surface area contributed by atoms with Crippen LogP contribution in [0.5, 0.6) is 0 Å². The Kier molecular flexibility index (Phi) is 2.71. The van der Waals surface area contributed by atoms with E-state index in [-0.39, 0.29) is 5.78 Å². The van der Waals surface area contributed by atoms with Crippen molar-refractivity contribution in [2.24, 2.45) is 0 Å². The molecule has 4 heteroatoms. The number of Topliss-reactive ketones (excluding diaryl/α,β-unsaturated/α-hetero) is 1. The fraction of sp³-hybridized carbons (Fsp3) is 0.467. The van der Waals surface area contributed by atoms with Crippen LogP contribution in [0.4, 0.5) is 0 Å². The van der Waals surface area contributed by atoms with Gasteiger partial charge in [-0.25, -0.2) is 0 Å². The Morgan fingerprint density at radius 2 is 1.95 bits per heavy atom. The predicted octanol–water partition coefficient (Wildman–Crippen LogP) is 1.91. The van der Waals surface area contributed by atoms with Gasteiger partial charge in [-0.2, -0.15) is 0 Å². The average molecular weight is 259 g/mol. The van der Waals surface area contributed by atoms with Crippen LogP contribution < -0.4 is 0 Å². The van der Waals surface area contributed by atoms with Gasteiger partial charge < -0.3 is 5.11 Å². The molecule has 19 heavy (non-hydrogen) atoms. The Morgan fingerprint density at radius 3 is 2.58 bits per heavy atom.